The molecule has 6 heteroatoms. The van der Waals surface area contributed by atoms with Crippen molar-refractivity contribution in [3.63, 3.8) is 0 Å². The molecular formula is C13H19O5P. The first-order valence-corrected chi connectivity index (χ1v) is 7.68. The van der Waals surface area contributed by atoms with Crippen molar-refractivity contribution < 1.29 is 23.5 Å². The average Bonchev–Trinajstić information content (AvgIpc) is 2.42. The van der Waals surface area contributed by atoms with Crippen LogP contribution in [0, 0.1) is 5.41 Å². The lowest BCUT2D eigenvalue weighted by Crippen LogP contribution is -2.30. The molecule has 0 radical (unpaired) electrons. The van der Waals surface area contributed by atoms with Gasteiger partial charge in [-0.05, 0) is 17.7 Å². The molecule has 2 rings (SSSR count). The zero-order valence-corrected chi connectivity index (χ0v) is 12.2. The summed E-state index contributed by atoms with van der Waals surface area (Å²) < 4.78 is 28.1. The SMILES string of the molecule is COc1ccc(C(O)P2(=O)OCC(C)(C)CO2)cc1. The molecule has 1 N–H and O–H groups in total. The summed E-state index contributed by atoms with van der Waals surface area (Å²) in [4.78, 5) is 0. The second-order valence-electron chi connectivity index (χ2n) is 5.40. The van der Waals surface area contributed by atoms with E-state index < -0.39 is 13.4 Å². The molecule has 1 fully saturated rings. The summed E-state index contributed by atoms with van der Waals surface area (Å²) in [6.45, 7) is 4.52. The fraction of sp³-hybridized carbons (Fsp3) is 0.538. The molecule has 1 aromatic rings. The number of hydrogen-bond donors (Lipinski definition) is 1. The number of benzene rings is 1. The van der Waals surface area contributed by atoms with E-state index in [1.54, 1.807) is 31.4 Å². The number of aliphatic hydroxyl groups excluding tert-OH is 1. The predicted molar refractivity (Wildman–Crippen MR) is 71.2 cm³/mol. The van der Waals surface area contributed by atoms with Gasteiger partial charge in [0.1, 0.15) is 5.75 Å². The highest BCUT2D eigenvalue weighted by Gasteiger charge is 2.42. The van der Waals surface area contributed by atoms with Gasteiger partial charge in [0.15, 0.2) is 5.85 Å². The second kappa shape index (κ2) is 5.25. The third-order valence-electron chi connectivity index (χ3n) is 2.98. The van der Waals surface area contributed by atoms with E-state index in [0.717, 1.165) is 0 Å². The summed E-state index contributed by atoms with van der Waals surface area (Å²) >= 11 is 0. The Labute approximate surface area is 113 Å². The van der Waals surface area contributed by atoms with E-state index >= 15 is 0 Å². The minimum Gasteiger partial charge on any atom is -0.497 e. The molecule has 0 saturated carbocycles. The molecule has 1 unspecified atom stereocenters. The molecule has 0 aromatic heterocycles. The average molecular weight is 286 g/mol. The molecule has 1 aliphatic heterocycles. The zero-order valence-electron chi connectivity index (χ0n) is 11.3. The van der Waals surface area contributed by atoms with Gasteiger partial charge in [-0.1, -0.05) is 26.0 Å². The summed E-state index contributed by atoms with van der Waals surface area (Å²) in [7, 11) is -1.96. The van der Waals surface area contributed by atoms with E-state index in [4.69, 9.17) is 13.8 Å². The largest absolute Gasteiger partial charge is 0.497 e. The lowest BCUT2D eigenvalue weighted by atomic mass is 9.97. The van der Waals surface area contributed by atoms with Crippen LogP contribution in [0.25, 0.3) is 0 Å². The predicted octanol–water partition coefficient (Wildman–Crippen LogP) is 2.95. The first kappa shape index (κ1) is 14.5. The van der Waals surface area contributed by atoms with Gasteiger partial charge in [-0.3, -0.25) is 4.57 Å². The molecule has 5 nitrogen and oxygen atoms in total. The maximum absolute atomic E-state index is 12.5. The zero-order chi connectivity index (χ0) is 14.1. The van der Waals surface area contributed by atoms with Gasteiger partial charge in [0, 0.05) is 5.41 Å². The van der Waals surface area contributed by atoms with Crippen molar-refractivity contribution in [2.45, 2.75) is 19.7 Å². The maximum atomic E-state index is 12.5. The molecule has 106 valence electrons. The van der Waals surface area contributed by atoms with Gasteiger partial charge in [0.2, 0.25) is 0 Å². The molecule has 0 amide bonds. The molecule has 0 bridgehead atoms. The Morgan fingerprint density at radius 2 is 1.79 bits per heavy atom. The minimum absolute atomic E-state index is 0.187. The van der Waals surface area contributed by atoms with Crippen molar-refractivity contribution in [1.82, 2.24) is 0 Å². The Morgan fingerprint density at radius 1 is 1.26 bits per heavy atom. The number of rotatable bonds is 3. The smallest absolute Gasteiger partial charge is 0.363 e. The Bertz CT molecular complexity index is 468. The Morgan fingerprint density at radius 3 is 2.26 bits per heavy atom. The number of ether oxygens (including phenoxy) is 1. The minimum atomic E-state index is -3.52. The quantitative estimate of drug-likeness (QED) is 0.865. The highest BCUT2D eigenvalue weighted by Crippen LogP contribution is 2.62. The first-order valence-electron chi connectivity index (χ1n) is 6.07. The van der Waals surface area contributed by atoms with Gasteiger partial charge in [-0.15, -0.1) is 0 Å². The third-order valence-corrected chi connectivity index (χ3v) is 4.86. The summed E-state index contributed by atoms with van der Waals surface area (Å²) in [6, 6.07) is 6.68. The highest BCUT2D eigenvalue weighted by atomic mass is 31.2. The van der Waals surface area contributed by atoms with Crippen LogP contribution in [0.15, 0.2) is 24.3 Å². The van der Waals surface area contributed by atoms with E-state index in [1.165, 1.54) is 0 Å². The monoisotopic (exact) mass is 286 g/mol. The molecule has 0 spiro atoms. The van der Waals surface area contributed by atoms with Crippen molar-refractivity contribution in [2.75, 3.05) is 20.3 Å². The van der Waals surface area contributed by atoms with E-state index in [-0.39, 0.29) is 5.41 Å². The molecule has 1 heterocycles. The summed E-state index contributed by atoms with van der Waals surface area (Å²) in [6.07, 6.45) is 0. The number of methoxy groups -OCH3 is 1. The Balaban J connectivity index is 2.14. The van der Waals surface area contributed by atoms with Crippen LogP contribution in [0.3, 0.4) is 0 Å². The molecule has 19 heavy (non-hydrogen) atoms. The fourth-order valence-corrected chi connectivity index (χ4v) is 3.66. The molecule has 1 atom stereocenters. The topological polar surface area (TPSA) is 65.0 Å². The second-order valence-corrected chi connectivity index (χ2v) is 7.48. The molecule has 1 saturated heterocycles. The van der Waals surface area contributed by atoms with Gasteiger partial charge >= 0.3 is 7.60 Å². The third kappa shape index (κ3) is 3.18. The Kier molecular flexibility index (Phi) is 4.02. The fourth-order valence-electron chi connectivity index (χ4n) is 1.71. The van der Waals surface area contributed by atoms with E-state index in [1.807, 2.05) is 13.8 Å². The molecule has 1 aromatic carbocycles. The molecular weight excluding hydrogens is 267 g/mol. The lowest BCUT2D eigenvalue weighted by molar-refractivity contribution is 0.0229. The first-order chi connectivity index (χ1) is 8.86. The van der Waals surface area contributed by atoms with Crippen molar-refractivity contribution in [3.05, 3.63) is 29.8 Å². The van der Waals surface area contributed by atoms with E-state index in [9.17, 15) is 9.67 Å². The van der Waals surface area contributed by atoms with E-state index in [2.05, 4.69) is 0 Å². The summed E-state index contributed by atoms with van der Waals surface area (Å²) in [5.41, 5.74) is 0.303. The molecule has 0 aliphatic carbocycles. The number of aliphatic hydroxyl groups is 1. The van der Waals surface area contributed by atoms with Gasteiger partial charge in [0.25, 0.3) is 0 Å². The van der Waals surface area contributed by atoms with Crippen molar-refractivity contribution in [1.29, 1.82) is 0 Å². The lowest BCUT2D eigenvalue weighted by Gasteiger charge is -2.35. The normalized spacial score (nSPS) is 22.7. The van der Waals surface area contributed by atoms with Crippen LogP contribution >= 0.6 is 7.60 Å². The van der Waals surface area contributed by atoms with Crippen LogP contribution in [0.4, 0.5) is 0 Å². The van der Waals surface area contributed by atoms with Gasteiger partial charge in [0.05, 0.1) is 20.3 Å². The van der Waals surface area contributed by atoms with Gasteiger partial charge in [-0.2, -0.15) is 0 Å². The van der Waals surface area contributed by atoms with Crippen LogP contribution in [-0.4, -0.2) is 25.4 Å². The van der Waals surface area contributed by atoms with Gasteiger partial charge in [-0.25, -0.2) is 0 Å². The standard InChI is InChI=1S/C13H19O5P/c1-13(2)8-17-19(15,18-9-13)12(14)10-4-6-11(16-3)7-5-10/h4-7,12,14H,8-9H2,1-3H3. The summed E-state index contributed by atoms with van der Waals surface area (Å²) in [5, 5.41) is 10.2. The van der Waals surface area contributed by atoms with Crippen LogP contribution in [0.2, 0.25) is 0 Å². The van der Waals surface area contributed by atoms with Crippen LogP contribution in [0.5, 0.6) is 5.75 Å². The van der Waals surface area contributed by atoms with Crippen LogP contribution in [0.1, 0.15) is 25.3 Å². The Hall–Kier alpha value is -0.870. The van der Waals surface area contributed by atoms with Crippen molar-refractivity contribution >= 4 is 7.60 Å². The van der Waals surface area contributed by atoms with Gasteiger partial charge < -0.3 is 18.9 Å². The number of hydrogen-bond acceptors (Lipinski definition) is 5. The van der Waals surface area contributed by atoms with Crippen molar-refractivity contribution in [3.8, 4) is 5.75 Å². The maximum Gasteiger partial charge on any atom is 0.363 e. The van der Waals surface area contributed by atoms with Crippen LogP contribution in [-0.2, 0) is 13.6 Å². The van der Waals surface area contributed by atoms with Crippen LogP contribution < -0.4 is 4.74 Å². The summed E-state index contributed by atoms with van der Waals surface area (Å²) in [5.74, 6) is -0.602. The molecule has 1 aliphatic rings. The highest BCUT2D eigenvalue weighted by molar-refractivity contribution is 7.54. The van der Waals surface area contributed by atoms with Crippen molar-refractivity contribution in [2.24, 2.45) is 5.41 Å². The van der Waals surface area contributed by atoms with E-state index in [0.29, 0.717) is 24.5 Å².